The molecule has 0 fully saturated rings. The lowest BCUT2D eigenvalue weighted by atomic mass is 9.94. The lowest BCUT2D eigenvalue weighted by molar-refractivity contribution is -0.108. The molecule has 0 saturated heterocycles. The van der Waals surface area contributed by atoms with Crippen molar-refractivity contribution in [2.24, 2.45) is 0 Å². The highest BCUT2D eigenvalue weighted by molar-refractivity contribution is 5.68. The first-order valence-corrected chi connectivity index (χ1v) is 6.42. The molecule has 1 aromatic heterocycles. The highest BCUT2D eigenvalue weighted by atomic mass is 16.5. The van der Waals surface area contributed by atoms with Gasteiger partial charge in [0, 0.05) is 12.1 Å². The summed E-state index contributed by atoms with van der Waals surface area (Å²) in [6, 6.07) is 11.7. The number of aromatic nitrogens is 1. The van der Waals surface area contributed by atoms with Gasteiger partial charge in [-0.05, 0) is 36.2 Å². The van der Waals surface area contributed by atoms with E-state index in [1.165, 1.54) is 5.56 Å². The molecule has 1 aliphatic heterocycles. The van der Waals surface area contributed by atoms with Gasteiger partial charge in [-0.3, -0.25) is 4.98 Å². The molecule has 0 N–H and O–H groups in total. The van der Waals surface area contributed by atoms with Crippen molar-refractivity contribution in [1.82, 2.24) is 4.98 Å². The maximum absolute atomic E-state index is 11.4. The van der Waals surface area contributed by atoms with Gasteiger partial charge < -0.3 is 9.53 Å². The van der Waals surface area contributed by atoms with Gasteiger partial charge in [-0.25, -0.2) is 0 Å². The van der Waals surface area contributed by atoms with E-state index in [0.717, 1.165) is 42.0 Å². The summed E-state index contributed by atoms with van der Waals surface area (Å²) < 4.78 is 5.49. The molecule has 1 unspecified atom stereocenters. The Morgan fingerprint density at radius 2 is 2.21 bits per heavy atom. The van der Waals surface area contributed by atoms with Gasteiger partial charge in [0.1, 0.15) is 12.0 Å². The molecule has 0 spiro atoms. The average molecular weight is 253 g/mol. The minimum absolute atomic E-state index is 0.300. The molecule has 0 radical (unpaired) electrons. The molecule has 19 heavy (non-hydrogen) atoms. The molecule has 1 aliphatic rings. The normalized spacial score (nSPS) is 14.6. The molecule has 0 bridgehead atoms. The molecule has 96 valence electrons. The van der Waals surface area contributed by atoms with Crippen LogP contribution in [0.3, 0.4) is 0 Å². The molecule has 2 aromatic rings. The Labute approximate surface area is 112 Å². The highest BCUT2D eigenvalue weighted by Crippen LogP contribution is 2.30. The minimum Gasteiger partial charge on any atom is -0.493 e. The number of benzene rings is 1. The zero-order valence-electron chi connectivity index (χ0n) is 10.8. The number of rotatable bonds is 3. The van der Waals surface area contributed by atoms with Crippen LogP contribution in [0.25, 0.3) is 0 Å². The number of ether oxygens (including phenoxy) is 1. The van der Waals surface area contributed by atoms with Gasteiger partial charge in [0.2, 0.25) is 0 Å². The van der Waals surface area contributed by atoms with Crippen LogP contribution in [-0.4, -0.2) is 17.9 Å². The van der Waals surface area contributed by atoms with Crippen LogP contribution in [0, 0.1) is 6.92 Å². The Morgan fingerprint density at radius 3 is 3.00 bits per heavy atom. The predicted octanol–water partition coefficient (Wildman–Crippen LogP) is 2.66. The molecule has 3 nitrogen and oxygen atoms in total. The maximum atomic E-state index is 11.4. The molecule has 1 aromatic carbocycles. The van der Waals surface area contributed by atoms with E-state index in [4.69, 9.17) is 4.74 Å². The minimum atomic E-state index is -0.300. The fourth-order valence-corrected chi connectivity index (χ4v) is 2.46. The monoisotopic (exact) mass is 253 g/mol. The van der Waals surface area contributed by atoms with Crippen molar-refractivity contribution in [3.63, 3.8) is 0 Å². The zero-order chi connectivity index (χ0) is 13.2. The maximum Gasteiger partial charge on any atom is 0.133 e. The van der Waals surface area contributed by atoms with E-state index in [1.807, 2.05) is 37.3 Å². The summed E-state index contributed by atoms with van der Waals surface area (Å²) in [6.07, 6.45) is 1.87. The molecular weight excluding hydrogens is 238 g/mol. The molecule has 0 aliphatic carbocycles. The van der Waals surface area contributed by atoms with E-state index >= 15 is 0 Å². The molecule has 2 heterocycles. The first-order valence-electron chi connectivity index (χ1n) is 6.42. The lowest BCUT2D eigenvalue weighted by Gasteiger charge is -2.12. The van der Waals surface area contributed by atoms with Crippen LogP contribution in [0.5, 0.6) is 5.75 Å². The second kappa shape index (κ2) is 4.84. The van der Waals surface area contributed by atoms with Crippen LogP contribution in [0.15, 0.2) is 36.4 Å². The number of hydrogen-bond donors (Lipinski definition) is 0. The average Bonchev–Trinajstić information content (AvgIpc) is 2.87. The molecular formula is C16H15NO2. The smallest absolute Gasteiger partial charge is 0.133 e. The molecule has 0 saturated carbocycles. The number of aldehydes is 1. The Hall–Kier alpha value is -2.16. The van der Waals surface area contributed by atoms with Crippen molar-refractivity contribution in [2.45, 2.75) is 19.3 Å². The molecule has 3 rings (SSSR count). The third-order valence-corrected chi connectivity index (χ3v) is 3.44. The van der Waals surface area contributed by atoms with Gasteiger partial charge in [0.15, 0.2) is 0 Å². The summed E-state index contributed by atoms with van der Waals surface area (Å²) in [6.45, 7) is 2.66. The molecule has 0 amide bonds. The summed E-state index contributed by atoms with van der Waals surface area (Å²) >= 11 is 0. The second-order valence-corrected chi connectivity index (χ2v) is 4.78. The van der Waals surface area contributed by atoms with Gasteiger partial charge in [0.25, 0.3) is 0 Å². The second-order valence-electron chi connectivity index (χ2n) is 4.78. The first kappa shape index (κ1) is 11.9. The van der Waals surface area contributed by atoms with Crippen LogP contribution in [0.4, 0.5) is 0 Å². The summed E-state index contributed by atoms with van der Waals surface area (Å²) in [5, 5.41) is 0. The standard InChI is InChI=1S/C16H15NO2/c1-11-3-2-4-15(17-11)14(10-18)12-5-6-16-13(9-12)7-8-19-16/h2-6,9-10,14H,7-8H2,1H3. The van der Waals surface area contributed by atoms with E-state index in [-0.39, 0.29) is 5.92 Å². The fraction of sp³-hybridized carbons (Fsp3) is 0.250. The Morgan fingerprint density at radius 1 is 1.32 bits per heavy atom. The zero-order valence-corrected chi connectivity index (χ0v) is 10.8. The number of carbonyl (C=O) groups excluding carboxylic acids is 1. The quantitative estimate of drug-likeness (QED) is 0.789. The van der Waals surface area contributed by atoms with Crippen LogP contribution < -0.4 is 4.74 Å². The number of aryl methyl sites for hydroxylation is 1. The predicted molar refractivity (Wildman–Crippen MR) is 72.5 cm³/mol. The summed E-state index contributed by atoms with van der Waals surface area (Å²) in [4.78, 5) is 15.9. The van der Waals surface area contributed by atoms with Gasteiger partial charge >= 0.3 is 0 Å². The third-order valence-electron chi connectivity index (χ3n) is 3.44. The first-order chi connectivity index (χ1) is 9.28. The number of carbonyl (C=O) groups is 1. The Balaban J connectivity index is 2.01. The van der Waals surface area contributed by atoms with Crippen LogP contribution >= 0.6 is 0 Å². The SMILES string of the molecule is Cc1cccc(C(C=O)c2ccc3c(c2)CCO3)n1. The van der Waals surface area contributed by atoms with E-state index in [9.17, 15) is 4.79 Å². The topological polar surface area (TPSA) is 39.2 Å². The van der Waals surface area contributed by atoms with Gasteiger partial charge in [0.05, 0.1) is 18.2 Å². The van der Waals surface area contributed by atoms with Crippen molar-refractivity contribution in [3.05, 3.63) is 58.9 Å². The van der Waals surface area contributed by atoms with Crippen LogP contribution in [0.2, 0.25) is 0 Å². The fourth-order valence-electron chi connectivity index (χ4n) is 2.46. The highest BCUT2D eigenvalue weighted by Gasteiger charge is 2.18. The van der Waals surface area contributed by atoms with E-state index < -0.39 is 0 Å². The lowest BCUT2D eigenvalue weighted by Crippen LogP contribution is -2.05. The summed E-state index contributed by atoms with van der Waals surface area (Å²) in [5.41, 5.74) is 3.89. The van der Waals surface area contributed by atoms with Gasteiger partial charge in [-0.1, -0.05) is 18.2 Å². The van der Waals surface area contributed by atoms with E-state index in [1.54, 1.807) is 0 Å². The summed E-state index contributed by atoms with van der Waals surface area (Å²) in [7, 11) is 0. The van der Waals surface area contributed by atoms with Crippen molar-refractivity contribution in [3.8, 4) is 5.75 Å². The van der Waals surface area contributed by atoms with Gasteiger partial charge in [-0.2, -0.15) is 0 Å². The van der Waals surface area contributed by atoms with Crippen molar-refractivity contribution < 1.29 is 9.53 Å². The summed E-state index contributed by atoms with van der Waals surface area (Å²) in [5.74, 6) is 0.636. The van der Waals surface area contributed by atoms with Crippen molar-refractivity contribution in [2.75, 3.05) is 6.61 Å². The van der Waals surface area contributed by atoms with E-state index in [0.29, 0.717) is 0 Å². The number of nitrogens with zero attached hydrogens (tertiary/aromatic N) is 1. The van der Waals surface area contributed by atoms with Crippen LogP contribution in [-0.2, 0) is 11.2 Å². The van der Waals surface area contributed by atoms with Gasteiger partial charge in [-0.15, -0.1) is 0 Å². The number of hydrogen-bond acceptors (Lipinski definition) is 3. The number of fused-ring (bicyclic) bond motifs is 1. The number of pyridine rings is 1. The molecule has 1 atom stereocenters. The van der Waals surface area contributed by atoms with E-state index in [2.05, 4.69) is 11.1 Å². The Bertz CT molecular complexity index is 622. The van der Waals surface area contributed by atoms with Crippen molar-refractivity contribution in [1.29, 1.82) is 0 Å². The largest absolute Gasteiger partial charge is 0.493 e. The Kier molecular flexibility index (Phi) is 3.03. The molecule has 3 heteroatoms. The van der Waals surface area contributed by atoms with Crippen LogP contribution in [0.1, 0.15) is 28.4 Å². The van der Waals surface area contributed by atoms with Crippen molar-refractivity contribution >= 4 is 6.29 Å². The third kappa shape index (κ3) is 2.24.